The van der Waals surface area contributed by atoms with E-state index in [0.29, 0.717) is 12.7 Å². The van der Waals surface area contributed by atoms with Crippen LogP contribution in [0.25, 0.3) is 0 Å². The summed E-state index contributed by atoms with van der Waals surface area (Å²) >= 11 is 0. The van der Waals surface area contributed by atoms with Gasteiger partial charge in [-0.2, -0.15) is 0 Å². The van der Waals surface area contributed by atoms with Crippen molar-refractivity contribution >= 4 is 20.2 Å². The zero-order valence-corrected chi connectivity index (χ0v) is 5.33. The fourth-order valence-corrected chi connectivity index (χ4v) is 0.385. The van der Waals surface area contributed by atoms with Gasteiger partial charge in [0.15, 0.2) is 0 Å². The molecule has 0 heterocycles. The molecule has 0 rings (SSSR count). The summed E-state index contributed by atoms with van der Waals surface area (Å²) in [6, 6.07) is 0. The van der Waals surface area contributed by atoms with Crippen molar-refractivity contribution in [2.75, 3.05) is 6.54 Å². The first-order valence-corrected chi connectivity index (χ1v) is 2.71. The Kier molecular flexibility index (Phi) is 3.76. The van der Waals surface area contributed by atoms with E-state index in [9.17, 15) is 9.59 Å². The Labute approximate surface area is 55.5 Å². The molecule has 0 atom stereocenters. The average Bonchev–Trinajstić information content (AvgIpc) is 1.87. The van der Waals surface area contributed by atoms with Crippen LogP contribution in [0.1, 0.15) is 13.3 Å². The summed E-state index contributed by atoms with van der Waals surface area (Å²) < 4.78 is 0. The molecule has 0 aliphatic carbocycles. The highest BCUT2D eigenvalue weighted by Gasteiger charge is 2.01. The summed E-state index contributed by atoms with van der Waals surface area (Å²) in [5, 5.41) is 0. The van der Waals surface area contributed by atoms with E-state index in [0.717, 1.165) is 4.81 Å². The average molecular weight is 125 g/mol. The molecule has 0 saturated carbocycles. The van der Waals surface area contributed by atoms with E-state index in [-0.39, 0.29) is 12.5 Å². The van der Waals surface area contributed by atoms with Gasteiger partial charge in [-0.3, -0.25) is 4.79 Å². The Bertz CT molecular complexity index is 116. The molecule has 3 nitrogen and oxygen atoms in total. The number of hydrogen-bond donors (Lipinski definition) is 0. The lowest BCUT2D eigenvalue weighted by Crippen LogP contribution is -2.28. The minimum atomic E-state index is -0.220. The summed E-state index contributed by atoms with van der Waals surface area (Å²) in [4.78, 5) is 21.2. The molecule has 48 valence electrons. The molecule has 0 unspecified atom stereocenters. The maximum atomic E-state index is 10.5. The molecule has 0 aromatic carbocycles. The molecule has 1 amide bonds. The van der Waals surface area contributed by atoms with Gasteiger partial charge in [-0.15, -0.1) is 0 Å². The Morgan fingerprint density at radius 3 is 2.67 bits per heavy atom. The summed E-state index contributed by atoms with van der Waals surface area (Å²) in [5.74, 6) is -0.220. The van der Waals surface area contributed by atoms with E-state index in [1.54, 1.807) is 6.92 Å². The Hall–Kier alpha value is -0.795. The normalized spacial score (nSPS) is 8.56. The van der Waals surface area contributed by atoms with Gasteiger partial charge in [-0.25, -0.2) is 0 Å². The molecule has 0 fully saturated rings. The molecule has 0 saturated heterocycles. The molecular weight excluding hydrogens is 117 g/mol. The van der Waals surface area contributed by atoms with Gasteiger partial charge >= 0.3 is 0 Å². The number of carbonyl (C=O) groups is 2. The second-order valence-electron chi connectivity index (χ2n) is 1.57. The van der Waals surface area contributed by atoms with Crippen LogP contribution in [0.5, 0.6) is 0 Å². The van der Waals surface area contributed by atoms with Gasteiger partial charge in [0.05, 0.1) is 6.54 Å². The molecule has 4 heteroatoms. The van der Waals surface area contributed by atoms with E-state index >= 15 is 0 Å². The Balaban J connectivity index is 3.58. The van der Waals surface area contributed by atoms with E-state index < -0.39 is 0 Å². The Morgan fingerprint density at radius 2 is 2.33 bits per heavy atom. The van der Waals surface area contributed by atoms with Crippen LogP contribution in [0.2, 0.25) is 0 Å². The van der Waals surface area contributed by atoms with Crippen molar-refractivity contribution in [3.05, 3.63) is 0 Å². The molecular formula is C5H8BNO2. The summed E-state index contributed by atoms with van der Waals surface area (Å²) in [6.07, 6.45) is 0.928. The number of amides is 1. The van der Waals surface area contributed by atoms with Crippen molar-refractivity contribution in [2.24, 2.45) is 0 Å². The first-order chi connectivity index (χ1) is 4.22. The van der Waals surface area contributed by atoms with Crippen LogP contribution in [0.4, 0.5) is 0 Å². The maximum absolute atomic E-state index is 10.5. The number of carbonyl (C=O) groups excluding carboxylic acids is 2. The van der Waals surface area contributed by atoms with Crippen LogP contribution in [0, 0.1) is 0 Å². The van der Waals surface area contributed by atoms with Crippen molar-refractivity contribution < 1.29 is 9.59 Å². The van der Waals surface area contributed by atoms with Crippen molar-refractivity contribution in [2.45, 2.75) is 13.3 Å². The maximum Gasteiger partial charge on any atom is 0.231 e. The molecule has 0 aliphatic heterocycles. The first kappa shape index (κ1) is 8.20. The number of rotatable bonds is 3. The van der Waals surface area contributed by atoms with Gasteiger partial charge in [-0.1, -0.05) is 6.92 Å². The van der Waals surface area contributed by atoms with Crippen LogP contribution in [-0.4, -0.2) is 31.5 Å². The third-order valence-corrected chi connectivity index (χ3v) is 0.894. The molecule has 0 aliphatic rings. The van der Waals surface area contributed by atoms with Gasteiger partial charge in [0.25, 0.3) is 0 Å². The predicted molar refractivity (Wildman–Crippen MR) is 33.8 cm³/mol. The minimum Gasteiger partial charge on any atom is -0.390 e. The lowest BCUT2D eigenvalue weighted by Gasteiger charge is -2.11. The third kappa shape index (κ3) is 2.90. The van der Waals surface area contributed by atoms with Crippen molar-refractivity contribution in [1.29, 1.82) is 0 Å². The molecule has 0 N–H and O–H groups in total. The number of aldehydes is 1. The predicted octanol–water partition coefficient (Wildman–Crippen LogP) is -0.493. The zero-order chi connectivity index (χ0) is 7.28. The molecule has 0 aromatic rings. The SMILES string of the molecule is [B]N(CC=O)C(=O)CC. The van der Waals surface area contributed by atoms with Crippen LogP contribution >= 0.6 is 0 Å². The second kappa shape index (κ2) is 4.12. The molecule has 0 bridgehead atoms. The summed E-state index contributed by atoms with van der Waals surface area (Å²) in [5.41, 5.74) is 0. The van der Waals surface area contributed by atoms with Crippen LogP contribution < -0.4 is 0 Å². The highest BCUT2D eigenvalue weighted by atomic mass is 16.2. The smallest absolute Gasteiger partial charge is 0.231 e. The summed E-state index contributed by atoms with van der Waals surface area (Å²) in [7, 11) is 5.09. The van der Waals surface area contributed by atoms with Gasteiger partial charge in [0.1, 0.15) is 6.29 Å². The van der Waals surface area contributed by atoms with E-state index in [1.807, 2.05) is 0 Å². The highest BCUT2D eigenvalue weighted by molar-refractivity contribution is 6.14. The van der Waals surface area contributed by atoms with Gasteiger partial charge < -0.3 is 9.61 Å². The topological polar surface area (TPSA) is 37.4 Å². The standard InChI is InChI=1S/C5H8BNO2/c1-2-5(9)7(6)3-4-8/h4H,2-3H2,1H3. The van der Waals surface area contributed by atoms with Crippen molar-refractivity contribution in [1.82, 2.24) is 4.81 Å². The van der Waals surface area contributed by atoms with Crippen LogP contribution in [0.3, 0.4) is 0 Å². The molecule has 0 aromatic heterocycles. The number of hydrogen-bond acceptors (Lipinski definition) is 2. The quantitative estimate of drug-likeness (QED) is 0.376. The molecule has 9 heavy (non-hydrogen) atoms. The zero-order valence-electron chi connectivity index (χ0n) is 5.33. The first-order valence-electron chi connectivity index (χ1n) is 2.71. The van der Waals surface area contributed by atoms with Crippen LogP contribution in [0.15, 0.2) is 0 Å². The third-order valence-electron chi connectivity index (χ3n) is 0.894. The molecule has 2 radical (unpaired) electrons. The highest BCUT2D eigenvalue weighted by Crippen LogP contribution is 1.84. The largest absolute Gasteiger partial charge is 0.390 e. The monoisotopic (exact) mass is 125 g/mol. The van der Waals surface area contributed by atoms with E-state index in [2.05, 4.69) is 0 Å². The minimum absolute atomic E-state index is 0.0212. The van der Waals surface area contributed by atoms with Crippen LogP contribution in [-0.2, 0) is 9.59 Å². The van der Waals surface area contributed by atoms with Crippen molar-refractivity contribution in [3.63, 3.8) is 0 Å². The molecule has 0 spiro atoms. The lowest BCUT2D eigenvalue weighted by molar-refractivity contribution is -0.128. The fraction of sp³-hybridized carbons (Fsp3) is 0.600. The lowest BCUT2D eigenvalue weighted by atomic mass is 10.2. The van der Waals surface area contributed by atoms with Crippen molar-refractivity contribution in [3.8, 4) is 0 Å². The fourth-order valence-electron chi connectivity index (χ4n) is 0.385. The second-order valence-corrected chi connectivity index (χ2v) is 1.57. The Morgan fingerprint density at radius 1 is 1.78 bits per heavy atom. The van der Waals surface area contributed by atoms with E-state index in [1.165, 1.54) is 0 Å². The van der Waals surface area contributed by atoms with Gasteiger partial charge in [0, 0.05) is 6.42 Å². The number of nitrogens with zero attached hydrogens (tertiary/aromatic N) is 1. The summed E-state index contributed by atoms with van der Waals surface area (Å²) in [6.45, 7) is 1.67. The van der Waals surface area contributed by atoms with Gasteiger partial charge in [0.2, 0.25) is 13.9 Å². The van der Waals surface area contributed by atoms with Gasteiger partial charge in [-0.05, 0) is 0 Å². The van der Waals surface area contributed by atoms with E-state index in [4.69, 9.17) is 7.98 Å².